The molecule has 1 atom stereocenters. The fourth-order valence-electron chi connectivity index (χ4n) is 4.03. The van der Waals surface area contributed by atoms with Crippen LogP contribution in [0.2, 0.25) is 0 Å². The molecule has 0 aromatic heterocycles. The summed E-state index contributed by atoms with van der Waals surface area (Å²) in [6.45, 7) is 5.10. The van der Waals surface area contributed by atoms with E-state index in [1.165, 1.54) is 12.2 Å². The number of guanidine groups is 1. The first-order chi connectivity index (χ1) is 14.7. The van der Waals surface area contributed by atoms with Crippen LogP contribution in [0.1, 0.15) is 12.0 Å². The van der Waals surface area contributed by atoms with Crippen molar-refractivity contribution >= 4 is 17.7 Å². The number of methoxy groups -OCH3 is 3. The number of nitrogens with zero attached hydrogens (tertiary/aromatic N) is 2. The molecule has 2 saturated heterocycles. The lowest BCUT2D eigenvalue weighted by atomic mass is 9.95. The minimum atomic E-state index is 0.165. The molecule has 30 heavy (non-hydrogen) atoms. The molecule has 9 heteroatoms. The van der Waals surface area contributed by atoms with Crippen LogP contribution in [0.4, 0.5) is 0 Å². The number of morpholine rings is 1. The normalized spacial score (nSPS) is 22.6. The third-order valence-corrected chi connectivity index (χ3v) is 6.99. The first-order valence-electron chi connectivity index (χ1n) is 10.3. The third kappa shape index (κ3) is 5.25. The van der Waals surface area contributed by atoms with Crippen molar-refractivity contribution in [1.29, 1.82) is 0 Å². The zero-order chi connectivity index (χ0) is 21.4. The van der Waals surface area contributed by atoms with Gasteiger partial charge in [0.1, 0.15) is 0 Å². The molecule has 2 heterocycles. The van der Waals surface area contributed by atoms with Crippen molar-refractivity contribution in [3.63, 3.8) is 0 Å². The Morgan fingerprint density at radius 1 is 1.13 bits per heavy atom. The third-order valence-electron chi connectivity index (χ3n) is 5.76. The maximum Gasteiger partial charge on any atom is 0.203 e. The average Bonchev–Trinajstić information content (AvgIpc) is 3.29. The summed E-state index contributed by atoms with van der Waals surface area (Å²) in [6, 6.07) is 3.90. The molecule has 2 aliphatic rings. The van der Waals surface area contributed by atoms with Crippen LogP contribution in [-0.2, 0) is 11.3 Å². The van der Waals surface area contributed by atoms with Gasteiger partial charge in [-0.2, -0.15) is 11.8 Å². The minimum Gasteiger partial charge on any atom is -0.493 e. The summed E-state index contributed by atoms with van der Waals surface area (Å²) >= 11 is 2.03. The van der Waals surface area contributed by atoms with E-state index >= 15 is 0 Å². The molecule has 2 aliphatic heterocycles. The molecule has 0 amide bonds. The van der Waals surface area contributed by atoms with E-state index in [1.54, 1.807) is 28.4 Å². The van der Waals surface area contributed by atoms with E-state index in [-0.39, 0.29) is 5.54 Å². The van der Waals surface area contributed by atoms with Crippen LogP contribution in [0.3, 0.4) is 0 Å². The summed E-state index contributed by atoms with van der Waals surface area (Å²) in [7, 11) is 6.66. The molecule has 3 rings (SSSR count). The molecule has 0 bridgehead atoms. The molecule has 0 radical (unpaired) electrons. The van der Waals surface area contributed by atoms with E-state index in [9.17, 15) is 0 Å². The summed E-state index contributed by atoms with van der Waals surface area (Å²) in [5.74, 6) is 5.02. The van der Waals surface area contributed by atoms with Crippen LogP contribution >= 0.6 is 11.8 Å². The lowest BCUT2D eigenvalue weighted by Crippen LogP contribution is -2.60. The number of aliphatic imine (C=N–C) groups is 1. The number of ether oxygens (including phenoxy) is 4. The van der Waals surface area contributed by atoms with Crippen LogP contribution < -0.4 is 24.8 Å². The van der Waals surface area contributed by atoms with Crippen LogP contribution in [0.5, 0.6) is 17.2 Å². The highest BCUT2D eigenvalue weighted by Crippen LogP contribution is 2.38. The summed E-state index contributed by atoms with van der Waals surface area (Å²) < 4.78 is 21.9. The van der Waals surface area contributed by atoms with Gasteiger partial charge in [-0.1, -0.05) is 0 Å². The highest BCUT2D eigenvalue weighted by molar-refractivity contribution is 7.99. The number of thioether (sulfide) groups is 1. The van der Waals surface area contributed by atoms with E-state index in [4.69, 9.17) is 18.9 Å². The molecule has 8 nitrogen and oxygen atoms in total. The molecular formula is C21H34N4O4S. The molecule has 168 valence electrons. The van der Waals surface area contributed by atoms with Gasteiger partial charge < -0.3 is 29.6 Å². The fraction of sp³-hybridized carbons (Fsp3) is 0.667. The predicted octanol–water partition coefficient (Wildman–Crippen LogP) is 1.59. The Kier molecular flexibility index (Phi) is 8.35. The Balaban J connectivity index is 1.62. The van der Waals surface area contributed by atoms with Gasteiger partial charge in [0, 0.05) is 44.5 Å². The number of hydrogen-bond acceptors (Lipinski definition) is 7. The van der Waals surface area contributed by atoms with E-state index in [0.717, 1.165) is 50.1 Å². The molecule has 0 saturated carbocycles. The van der Waals surface area contributed by atoms with Crippen molar-refractivity contribution < 1.29 is 18.9 Å². The SMILES string of the molecule is CN=C(NCc1cc(OC)c(OC)c(OC)c1)NCC1(N2CCOCC2)CCSC1. The van der Waals surface area contributed by atoms with E-state index in [1.807, 2.05) is 23.9 Å². The molecule has 2 N–H and O–H groups in total. The number of benzene rings is 1. The second-order valence-electron chi connectivity index (χ2n) is 7.44. The van der Waals surface area contributed by atoms with Gasteiger partial charge in [0.05, 0.1) is 34.5 Å². The highest BCUT2D eigenvalue weighted by atomic mass is 32.2. The van der Waals surface area contributed by atoms with Crippen molar-refractivity contribution in [1.82, 2.24) is 15.5 Å². The fourth-order valence-corrected chi connectivity index (χ4v) is 5.50. The maximum absolute atomic E-state index is 5.56. The van der Waals surface area contributed by atoms with Gasteiger partial charge in [-0.15, -0.1) is 0 Å². The molecule has 1 aromatic rings. The molecule has 2 fully saturated rings. The van der Waals surface area contributed by atoms with Crippen molar-refractivity contribution in [2.45, 2.75) is 18.5 Å². The predicted molar refractivity (Wildman–Crippen MR) is 121 cm³/mol. The second-order valence-corrected chi connectivity index (χ2v) is 8.54. The highest BCUT2D eigenvalue weighted by Gasteiger charge is 2.40. The van der Waals surface area contributed by atoms with E-state index < -0.39 is 0 Å². The van der Waals surface area contributed by atoms with E-state index in [0.29, 0.717) is 23.8 Å². The van der Waals surface area contributed by atoms with Crippen molar-refractivity contribution in [3.8, 4) is 17.2 Å². The standard InChI is InChI=1S/C21H34N4O4S/c1-22-20(23-13-16-11-17(26-2)19(28-4)18(12-16)27-3)24-14-21(5-10-30-15-21)25-6-8-29-9-7-25/h11-12H,5-10,13-15H2,1-4H3,(H2,22,23,24). The Bertz CT molecular complexity index is 694. The Labute approximate surface area is 183 Å². The molecule has 1 unspecified atom stereocenters. The van der Waals surface area contributed by atoms with Crippen LogP contribution in [-0.4, -0.2) is 89.1 Å². The van der Waals surface area contributed by atoms with Gasteiger partial charge in [-0.3, -0.25) is 9.89 Å². The van der Waals surface area contributed by atoms with Gasteiger partial charge in [0.2, 0.25) is 5.75 Å². The van der Waals surface area contributed by atoms with Gasteiger partial charge >= 0.3 is 0 Å². The monoisotopic (exact) mass is 438 g/mol. The zero-order valence-electron chi connectivity index (χ0n) is 18.5. The molecular weight excluding hydrogens is 404 g/mol. The first-order valence-corrected chi connectivity index (χ1v) is 11.4. The average molecular weight is 439 g/mol. The topological polar surface area (TPSA) is 76.6 Å². The van der Waals surface area contributed by atoms with Gasteiger partial charge in [0.25, 0.3) is 0 Å². The zero-order valence-corrected chi connectivity index (χ0v) is 19.3. The summed E-state index contributed by atoms with van der Waals surface area (Å²) in [6.07, 6.45) is 1.19. The second kappa shape index (κ2) is 11.0. The van der Waals surface area contributed by atoms with Gasteiger partial charge in [-0.25, -0.2) is 0 Å². The number of hydrogen-bond donors (Lipinski definition) is 2. The molecule has 0 aliphatic carbocycles. The number of rotatable bonds is 8. The number of nitrogens with one attached hydrogen (secondary N) is 2. The Morgan fingerprint density at radius 3 is 2.37 bits per heavy atom. The van der Waals surface area contributed by atoms with Gasteiger partial charge in [0.15, 0.2) is 17.5 Å². The summed E-state index contributed by atoms with van der Waals surface area (Å²) in [5.41, 5.74) is 1.19. The van der Waals surface area contributed by atoms with Crippen LogP contribution in [0.15, 0.2) is 17.1 Å². The first kappa shape index (κ1) is 22.8. The smallest absolute Gasteiger partial charge is 0.203 e. The van der Waals surface area contributed by atoms with E-state index in [2.05, 4.69) is 20.5 Å². The van der Waals surface area contributed by atoms with Crippen LogP contribution in [0.25, 0.3) is 0 Å². The van der Waals surface area contributed by atoms with Gasteiger partial charge in [-0.05, 0) is 29.9 Å². The van der Waals surface area contributed by atoms with Crippen molar-refractivity contribution in [2.24, 2.45) is 4.99 Å². The molecule has 1 aromatic carbocycles. The Morgan fingerprint density at radius 2 is 1.83 bits per heavy atom. The maximum atomic E-state index is 5.56. The summed E-state index contributed by atoms with van der Waals surface area (Å²) in [5, 5.41) is 6.96. The van der Waals surface area contributed by atoms with Crippen molar-refractivity contribution in [2.75, 3.05) is 72.7 Å². The minimum absolute atomic E-state index is 0.165. The largest absolute Gasteiger partial charge is 0.493 e. The molecule has 0 spiro atoms. The lowest BCUT2D eigenvalue weighted by Gasteiger charge is -2.43. The quantitative estimate of drug-likeness (QED) is 0.468. The lowest BCUT2D eigenvalue weighted by molar-refractivity contribution is -0.0120. The summed E-state index contributed by atoms with van der Waals surface area (Å²) in [4.78, 5) is 7.01. The van der Waals surface area contributed by atoms with Crippen molar-refractivity contribution in [3.05, 3.63) is 17.7 Å². The van der Waals surface area contributed by atoms with Crippen LogP contribution in [0, 0.1) is 0 Å². The Hall–Kier alpha value is -1.84.